The lowest BCUT2D eigenvalue weighted by atomic mass is 9.97. The molecule has 4 N–H and O–H groups in total. The molecule has 0 unspecified atom stereocenters. The number of alkyl carbamates (subject to hydrolysis) is 1. The lowest BCUT2D eigenvalue weighted by molar-refractivity contribution is -0.149. The fourth-order valence-electron chi connectivity index (χ4n) is 5.50. The summed E-state index contributed by atoms with van der Waals surface area (Å²) in [7, 11) is 0. The van der Waals surface area contributed by atoms with E-state index in [1.54, 1.807) is 13.8 Å². The van der Waals surface area contributed by atoms with Gasteiger partial charge >= 0.3 is 12.1 Å². The van der Waals surface area contributed by atoms with E-state index in [-0.39, 0.29) is 70.2 Å². The number of hydrogen-bond acceptors (Lipinski definition) is 8. The molecule has 0 fully saturated rings. The Balaban J connectivity index is 1.35. The van der Waals surface area contributed by atoms with Gasteiger partial charge in [-0.15, -0.1) is 0 Å². The Morgan fingerprint density at radius 2 is 1.71 bits per heavy atom. The van der Waals surface area contributed by atoms with Crippen molar-refractivity contribution in [3.63, 3.8) is 0 Å². The smallest absolute Gasteiger partial charge is 0.407 e. The number of carbonyl (C=O) groups excluding carboxylic acids is 4. The van der Waals surface area contributed by atoms with Crippen LogP contribution in [0.4, 0.5) is 4.79 Å². The summed E-state index contributed by atoms with van der Waals surface area (Å²) in [5.41, 5.74) is 3.49. The average Bonchev–Trinajstić information content (AvgIpc) is 3.34. The minimum absolute atomic E-state index is 0.0298. The number of allylic oxidation sites excluding steroid dienone is 2. The number of nitrogens with one attached hydrogen (secondary N) is 3. The molecule has 0 bridgehead atoms. The summed E-state index contributed by atoms with van der Waals surface area (Å²) < 4.78 is 16.3. The molecule has 1 heterocycles. The van der Waals surface area contributed by atoms with Crippen molar-refractivity contribution in [1.29, 1.82) is 0 Å². The molecule has 0 radical (unpaired) electrons. The van der Waals surface area contributed by atoms with Crippen molar-refractivity contribution in [2.45, 2.75) is 57.0 Å². The summed E-state index contributed by atoms with van der Waals surface area (Å²) >= 11 is 0. The molecular weight excluding hydrogens is 578 g/mol. The van der Waals surface area contributed by atoms with E-state index < -0.39 is 29.6 Å². The van der Waals surface area contributed by atoms with Gasteiger partial charge in [-0.25, -0.2) is 9.59 Å². The number of amides is 3. The fraction of sp³-hybridized carbons (Fsp3) is 0.471. The normalized spacial score (nSPS) is 19.9. The maximum Gasteiger partial charge on any atom is 0.407 e. The lowest BCUT2D eigenvalue weighted by Crippen LogP contribution is -2.51. The van der Waals surface area contributed by atoms with Crippen LogP contribution in [-0.4, -0.2) is 80.1 Å². The van der Waals surface area contributed by atoms with Gasteiger partial charge in [-0.2, -0.15) is 0 Å². The monoisotopic (exact) mass is 621 g/mol. The van der Waals surface area contributed by atoms with E-state index in [4.69, 9.17) is 19.3 Å². The zero-order valence-electron chi connectivity index (χ0n) is 25.9. The highest BCUT2D eigenvalue weighted by Crippen LogP contribution is 2.44. The van der Waals surface area contributed by atoms with Gasteiger partial charge in [0.2, 0.25) is 11.8 Å². The van der Waals surface area contributed by atoms with E-state index in [0.29, 0.717) is 12.8 Å². The largest absolute Gasteiger partial charge is 0.462 e. The number of esters is 1. The van der Waals surface area contributed by atoms with Crippen LogP contribution in [0.3, 0.4) is 0 Å². The number of ether oxygens (including phenoxy) is 3. The van der Waals surface area contributed by atoms with Gasteiger partial charge in [-0.05, 0) is 55.4 Å². The number of benzene rings is 2. The van der Waals surface area contributed by atoms with Gasteiger partial charge in [-0.1, -0.05) is 60.7 Å². The van der Waals surface area contributed by atoms with E-state index in [1.165, 1.54) is 0 Å². The van der Waals surface area contributed by atoms with E-state index in [1.807, 2.05) is 48.6 Å². The molecule has 0 aromatic heterocycles. The molecule has 45 heavy (non-hydrogen) atoms. The maximum absolute atomic E-state index is 13.1. The third-order valence-corrected chi connectivity index (χ3v) is 7.77. The minimum atomic E-state index is -0.952. The van der Waals surface area contributed by atoms with E-state index in [2.05, 4.69) is 28.1 Å². The van der Waals surface area contributed by atoms with Crippen LogP contribution in [0.1, 0.15) is 56.6 Å². The Labute approximate surface area is 263 Å². The molecule has 4 rings (SSSR count). The van der Waals surface area contributed by atoms with E-state index in [0.717, 1.165) is 22.3 Å². The molecule has 2 aromatic carbocycles. The summed E-state index contributed by atoms with van der Waals surface area (Å²) in [5, 5.41) is 17.1. The Hall–Kier alpha value is -4.22. The molecular formula is C34H43N3O8. The summed E-state index contributed by atoms with van der Waals surface area (Å²) in [6, 6.07) is 15.1. The van der Waals surface area contributed by atoms with Gasteiger partial charge < -0.3 is 35.3 Å². The number of aliphatic hydroxyl groups excluding tert-OH is 1. The first-order valence-electron chi connectivity index (χ1n) is 15.4. The predicted molar refractivity (Wildman–Crippen MR) is 167 cm³/mol. The Morgan fingerprint density at radius 3 is 2.40 bits per heavy atom. The topological polar surface area (TPSA) is 152 Å². The van der Waals surface area contributed by atoms with Gasteiger partial charge in [0.1, 0.15) is 19.3 Å². The molecule has 11 nitrogen and oxygen atoms in total. The van der Waals surface area contributed by atoms with Crippen LogP contribution in [0.5, 0.6) is 0 Å². The van der Waals surface area contributed by atoms with Crippen LogP contribution >= 0.6 is 0 Å². The second-order valence-electron chi connectivity index (χ2n) is 11.9. The van der Waals surface area contributed by atoms with Crippen molar-refractivity contribution in [3.8, 4) is 11.1 Å². The molecule has 2 aliphatic rings. The first-order chi connectivity index (χ1) is 21.7. The summed E-state index contributed by atoms with van der Waals surface area (Å²) in [6.07, 6.45) is 3.89. The zero-order chi connectivity index (χ0) is 32.2. The average molecular weight is 622 g/mol. The van der Waals surface area contributed by atoms with Gasteiger partial charge in [-0.3, -0.25) is 9.59 Å². The third kappa shape index (κ3) is 9.63. The highest BCUT2D eigenvalue weighted by atomic mass is 16.6. The number of hydrogen-bond donors (Lipinski definition) is 4. The second kappa shape index (κ2) is 16.2. The summed E-state index contributed by atoms with van der Waals surface area (Å²) in [4.78, 5) is 51.6. The zero-order valence-corrected chi connectivity index (χ0v) is 25.9. The molecule has 1 aliphatic carbocycles. The molecule has 3 amide bonds. The first kappa shape index (κ1) is 33.7. The van der Waals surface area contributed by atoms with Gasteiger partial charge in [0.05, 0.1) is 31.3 Å². The molecule has 0 saturated heterocycles. The quantitative estimate of drug-likeness (QED) is 0.179. The van der Waals surface area contributed by atoms with Crippen molar-refractivity contribution in [2.75, 3.05) is 39.6 Å². The van der Waals surface area contributed by atoms with Crippen molar-refractivity contribution in [3.05, 3.63) is 71.8 Å². The van der Waals surface area contributed by atoms with Crippen LogP contribution in [0.15, 0.2) is 60.7 Å². The Morgan fingerprint density at radius 1 is 1.02 bits per heavy atom. The van der Waals surface area contributed by atoms with Gasteiger partial charge in [0.25, 0.3) is 0 Å². The molecule has 0 saturated carbocycles. The SMILES string of the molecule is CC1(C)COC(=O)[C@@H](NC(=O)OCC2c3ccccc3-c3ccccc32)CCC=CC[C@H](CC(=O)NCCOCCO)C(=O)N1. The Kier molecular flexibility index (Phi) is 12.1. The fourth-order valence-corrected chi connectivity index (χ4v) is 5.50. The van der Waals surface area contributed by atoms with Gasteiger partial charge in [0.15, 0.2) is 0 Å². The van der Waals surface area contributed by atoms with Crippen LogP contribution in [0.25, 0.3) is 11.1 Å². The predicted octanol–water partition coefficient (Wildman–Crippen LogP) is 3.20. The maximum atomic E-state index is 13.1. The number of carbonyl (C=O) groups is 4. The molecule has 11 heteroatoms. The summed E-state index contributed by atoms with van der Waals surface area (Å²) in [6.45, 7) is 4.04. The van der Waals surface area contributed by atoms with Crippen molar-refractivity contribution >= 4 is 23.9 Å². The number of aliphatic hydroxyl groups is 1. The minimum Gasteiger partial charge on any atom is -0.462 e. The van der Waals surface area contributed by atoms with Crippen LogP contribution in [-0.2, 0) is 28.6 Å². The first-order valence-corrected chi connectivity index (χ1v) is 15.4. The standard InChI is InChI=1S/C34H43N3O8/c1-34(2)22-45-32(41)29(15-5-3-4-10-23(31(40)37-34)20-30(39)35-16-18-43-19-17-38)36-33(42)44-21-28-26-13-8-6-11-24(26)25-12-7-9-14-27(25)28/h3-4,6-9,11-14,23,28-29,38H,5,10,15-22H2,1-2H3,(H,35,39)(H,36,42)(H,37,40)/t23-,29+/m1/s1. The van der Waals surface area contributed by atoms with Crippen LogP contribution in [0, 0.1) is 5.92 Å². The molecule has 2 atom stereocenters. The van der Waals surface area contributed by atoms with Crippen molar-refractivity contribution in [1.82, 2.24) is 16.0 Å². The van der Waals surface area contributed by atoms with E-state index in [9.17, 15) is 19.2 Å². The van der Waals surface area contributed by atoms with Gasteiger partial charge in [0, 0.05) is 18.9 Å². The molecule has 0 spiro atoms. The van der Waals surface area contributed by atoms with Crippen molar-refractivity contribution < 1.29 is 38.5 Å². The molecule has 1 aliphatic heterocycles. The lowest BCUT2D eigenvalue weighted by Gasteiger charge is -2.28. The molecule has 2 aromatic rings. The van der Waals surface area contributed by atoms with E-state index >= 15 is 0 Å². The van der Waals surface area contributed by atoms with Crippen LogP contribution < -0.4 is 16.0 Å². The highest BCUT2D eigenvalue weighted by molar-refractivity contribution is 5.86. The van der Waals surface area contributed by atoms with Crippen LogP contribution in [0.2, 0.25) is 0 Å². The summed E-state index contributed by atoms with van der Waals surface area (Å²) in [5.74, 6) is -2.00. The van der Waals surface area contributed by atoms with Crippen molar-refractivity contribution in [2.24, 2.45) is 5.92 Å². The number of rotatable bonds is 10. The third-order valence-electron chi connectivity index (χ3n) is 7.77. The Bertz CT molecular complexity index is 1330. The number of cyclic esters (lactones) is 1. The highest BCUT2D eigenvalue weighted by Gasteiger charge is 2.32. The number of fused-ring (bicyclic) bond motifs is 3. The second-order valence-corrected chi connectivity index (χ2v) is 11.9. The molecule has 242 valence electrons.